The van der Waals surface area contributed by atoms with Crippen molar-refractivity contribution >= 4 is 0 Å². The van der Waals surface area contributed by atoms with Crippen LogP contribution in [-0.2, 0) is 6.54 Å². The highest BCUT2D eigenvalue weighted by atomic mass is 19.1. The van der Waals surface area contributed by atoms with Gasteiger partial charge in [-0.15, -0.1) is 0 Å². The Morgan fingerprint density at radius 2 is 1.76 bits per heavy atom. The standard InChI is InChI=1S/C13H12FNO2/c14-11-4-2-6-13(8-11)17-12-5-1-3-10(7-12)9-15-16/h1-8,15-16H,9H2. The van der Waals surface area contributed by atoms with Gasteiger partial charge in [-0.05, 0) is 29.8 Å². The minimum Gasteiger partial charge on any atom is -0.457 e. The molecule has 2 N–H and O–H groups in total. The van der Waals surface area contributed by atoms with Crippen molar-refractivity contribution in [3.05, 3.63) is 59.9 Å². The number of ether oxygens (including phenoxy) is 1. The van der Waals surface area contributed by atoms with Crippen molar-refractivity contribution in [2.45, 2.75) is 6.54 Å². The molecule has 0 radical (unpaired) electrons. The van der Waals surface area contributed by atoms with Gasteiger partial charge in [0.05, 0.1) is 0 Å². The molecule has 0 fully saturated rings. The van der Waals surface area contributed by atoms with Crippen LogP contribution < -0.4 is 10.2 Å². The lowest BCUT2D eigenvalue weighted by atomic mass is 10.2. The zero-order chi connectivity index (χ0) is 12.1. The second-order valence-corrected chi connectivity index (χ2v) is 3.54. The second-order valence-electron chi connectivity index (χ2n) is 3.54. The summed E-state index contributed by atoms with van der Waals surface area (Å²) in [5.74, 6) is 0.707. The van der Waals surface area contributed by atoms with E-state index < -0.39 is 0 Å². The van der Waals surface area contributed by atoms with Gasteiger partial charge in [0, 0.05) is 12.6 Å². The van der Waals surface area contributed by atoms with Crippen LogP contribution in [0.2, 0.25) is 0 Å². The molecule has 2 rings (SSSR count). The van der Waals surface area contributed by atoms with Gasteiger partial charge in [0.25, 0.3) is 0 Å². The molecule has 2 aromatic carbocycles. The van der Waals surface area contributed by atoms with Crippen LogP contribution in [0, 0.1) is 5.82 Å². The van der Waals surface area contributed by atoms with Crippen molar-refractivity contribution in [2.75, 3.05) is 0 Å². The SMILES string of the molecule is ONCc1cccc(Oc2cccc(F)c2)c1. The summed E-state index contributed by atoms with van der Waals surface area (Å²) in [5, 5.41) is 8.60. The van der Waals surface area contributed by atoms with Crippen molar-refractivity contribution in [2.24, 2.45) is 0 Å². The fraction of sp³-hybridized carbons (Fsp3) is 0.0769. The molecule has 0 saturated carbocycles. The maximum atomic E-state index is 12.9. The van der Waals surface area contributed by atoms with E-state index in [-0.39, 0.29) is 5.82 Å². The summed E-state index contributed by atoms with van der Waals surface area (Å²) in [6.45, 7) is 0.334. The van der Waals surface area contributed by atoms with Gasteiger partial charge < -0.3 is 9.94 Å². The van der Waals surface area contributed by atoms with Crippen LogP contribution in [0.1, 0.15) is 5.56 Å². The molecule has 4 heteroatoms. The zero-order valence-electron chi connectivity index (χ0n) is 9.06. The van der Waals surface area contributed by atoms with E-state index >= 15 is 0 Å². The number of halogens is 1. The Kier molecular flexibility index (Phi) is 3.69. The van der Waals surface area contributed by atoms with Gasteiger partial charge in [-0.2, -0.15) is 0 Å². The van der Waals surface area contributed by atoms with Crippen LogP contribution in [0.3, 0.4) is 0 Å². The number of hydrogen-bond donors (Lipinski definition) is 2. The third-order valence-corrected chi connectivity index (χ3v) is 2.21. The zero-order valence-corrected chi connectivity index (χ0v) is 9.06. The molecule has 0 bridgehead atoms. The van der Waals surface area contributed by atoms with Gasteiger partial charge in [0.2, 0.25) is 0 Å². The van der Waals surface area contributed by atoms with Gasteiger partial charge in [0.1, 0.15) is 17.3 Å². The molecule has 3 nitrogen and oxygen atoms in total. The van der Waals surface area contributed by atoms with Gasteiger partial charge >= 0.3 is 0 Å². The van der Waals surface area contributed by atoms with E-state index in [2.05, 4.69) is 5.48 Å². The van der Waals surface area contributed by atoms with Gasteiger partial charge in [-0.3, -0.25) is 0 Å². The fourth-order valence-corrected chi connectivity index (χ4v) is 1.48. The van der Waals surface area contributed by atoms with Crippen LogP contribution in [0.15, 0.2) is 48.5 Å². The molecule has 0 aliphatic heterocycles. The molecule has 88 valence electrons. The number of hydrogen-bond acceptors (Lipinski definition) is 3. The van der Waals surface area contributed by atoms with Gasteiger partial charge in [-0.1, -0.05) is 18.2 Å². The molecule has 2 aromatic rings. The number of hydroxylamine groups is 1. The molecule has 0 unspecified atom stereocenters. The lowest BCUT2D eigenvalue weighted by Crippen LogP contribution is -2.05. The van der Waals surface area contributed by atoms with Crippen molar-refractivity contribution in [1.29, 1.82) is 0 Å². The van der Waals surface area contributed by atoms with E-state index in [0.29, 0.717) is 18.0 Å². The molecular weight excluding hydrogens is 221 g/mol. The van der Waals surface area contributed by atoms with Crippen molar-refractivity contribution in [1.82, 2.24) is 5.48 Å². The third kappa shape index (κ3) is 3.27. The number of nitrogens with one attached hydrogen (secondary N) is 1. The summed E-state index contributed by atoms with van der Waals surface area (Å²) in [7, 11) is 0. The van der Waals surface area contributed by atoms with Gasteiger partial charge in [0.15, 0.2) is 0 Å². The Morgan fingerprint density at radius 3 is 2.47 bits per heavy atom. The molecule has 0 amide bonds. The lowest BCUT2D eigenvalue weighted by Gasteiger charge is -2.07. The summed E-state index contributed by atoms with van der Waals surface area (Å²) in [4.78, 5) is 0. The minimum absolute atomic E-state index is 0.334. The summed E-state index contributed by atoms with van der Waals surface area (Å²) in [5.41, 5.74) is 2.94. The van der Waals surface area contributed by atoms with E-state index in [0.717, 1.165) is 5.56 Å². The summed E-state index contributed by atoms with van der Waals surface area (Å²) in [6.07, 6.45) is 0. The molecule has 0 aliphatic rings. The maximum Gasteiger partial charge on any atom is 0.130 e. The first kappa shape index (κ1) is 11.6. The van der Waals surface area contributed by atoms with Crippen LogP contribution >= 0.6 is 0 Å². The Balaban J connectivity index is 2.15. The molecule has 0 heterocycles. The fourth-order valence-electron chi connectivity index (χ4n) is 1.48. The summed E-state index contributed by atoms with van der Waals surface area (Å²) in [6, 6.07) is 13.1. The first-order chi connectivity index (χ1) is 8.28. The summed E-state index contributed by atoms with van der Waals surface area (Å²) >= 11 is 0. The van der Waals surface area contributed by atoms with Crippen LogP contribution in [-0.4, -0.2) is 5.21 Å². The first-order valence-corrected chi connectivity index (χ1v) is 5.17. The monoisotopic (exact) mass is 233 g/mol. The first-order valence-electron chi connectivity index (χ1n) is 5.17. The smallest absolute Gasteiger partial charge is 0.130 e. The van der Waals surface area contributed by atoms with E-state index in [1.807, 2.05) is 6.07 Å². The third-order valence-electron chi connectivity index (χ3n) is 2.21. The highest BCUT2D eigenvalue weighted by molar-refractivity contribution is 5.34. The highest BCUT2D eigenvalue weighted by Gasteiger charge is 2.00. The van der Waals surface area contributed by atoms with Crippen molar-refractivity contribution in [3.8, 4) is 11.5 Å². The lowest BCUT2D eigenvalue weighted by molar-refractivity contribution is 0.161. The van der Waals surface area contributed by atoms with Crippen LogP contribution in [0.25, 0.3) is 0 Å². The average molecular weight is 233 g/mol. The minimum atomic E-state index is -0.337. The molecule has 0 atom stereocenters. The quantitative estimate of drug-likeness (QED) is 0.797. The van der Waals surface area contributed by atoms with Crippen molar-refractivity contribution < 1.29 is 14.3 Å². The Morgan fingerprint density at radius 1 is 1.06 bits per heavy atom. The van der Waals surface area contributed by atoms with Crippen molar-refractivity contribution in [3.63, 3.8) is 0 Å². The molecular formula is C13H12FNO2. The van der Waals surface area contributed by atoms with Crippen LogP contribution in [0.5, 0.6) is 11.5 Å². The molecule has 0 aliphatic carbocycles. The predicted octanol–water partition coefficient (Wildman–Crippen LogP) is 3.10. The Bertz CT molecular complexity index is 502. The summed E-state index contributed by atoms with van der Waals surface area (Å²) < 4.78 is 18.4. The Labute approximate surface area is 98.4 Å². The van der Waals surface area contributed by atoms with E-state index in [1.54, 1.807) is 30.3 Å². The number of benzene rings is 2. The predicted molar refractivity (Wildman–Crippen MR) is 61.5 cm³/mol. The largest absolute Gasteiger partial charge is 0.457 e. The molecule has 0 aromatic heterocycles. The average Bonchev–Trinajstić information content (AvgIpc) is 2.30. The van der Waals surface area contributed by atoms with E-state index in [1.165, 1.54) is 12.1 Å². The van der Waals surface area contributed by atoms with Crippen LogP contribution in [0.4, 0.5) is 4.39 Å². The van der Waals surface area contributed by atoms with Gasteiger partial charge in [-0.25, -0.2) is 9.87 Å². The number of rotatable bonds is 4. The maximum absolute atomic E-state index is 12.9. The molecule has 17 heavy (non-hydrogen) atoms. The highest BCUT2D eigenvalue weighted by Crippen LogP contribution is 2.22. The topological polar surface area (TPSA) is 41.5 Å². The Hall–Kier alpha value is -1.91. The molecule has 0 spiro atoms. The van der Waals surface area contributed by atoms with E-state index in [4.69, 9.17) is 9.94 Å². The molecule has 0 saturated heterocycles. The van der Waals surface area contributed by atoms with E-state index in [9.17, 15) is 4.39 Å². The second kappa shape index (κ2) is 5.43. The normalized spacial score (nSPS) is 10.2.